The second kappa shape index (κ2) is 6.53. The molecule has 0 spiro atoms. The lowest BCUT2D eigenvalue weighted by atomic mass is 9.39. The number of aliphatic hydroxyl groups excluding tert-OH is 1. The van der Waals surface area contributed by atoms with Crippen LogP contribution >= 0.6 is 0 Å². The van der Waals surface area contributed by atoms with Gasteiger partial charge in [0.05, 0.1) is 11.7 Å². The summed E-state index contributed by atoms with van der Waals surface area (Å²) in [5, 5.41) is 23.5. The smallest absolute Gasteiger partial charge is 0.333 e. The Kier molecular flexibility index (Phi) is 4.74. The average molecular weight is 423 g/mol. The van der Waals surface area contributed by atoms with E-state index in [2.05, 4.69) is 0 Å². The number of carbonyl (C=O) groups is 2. The third-order valence-corrected chi connectivity index (χ3v) is 9.07. The van der Waals surface area contributed by atoms with Crippen molar-refractivity contribution in [2.24, 2.45) is 28.6 Å². The molecule has 8 atom stereocenters. The summed E-state index contributed by atoms with van der Waals surface area (Å²) in [6, 6.07) is 0. The molecule has 0 aromatic carbocycles. The van der Waals surface area contributed by atoms with Crippen LogP contribution in [0.25, 0.3) is 0 Å². The van der Waals surface area contributed by atoms with Crippen LogP contribution in [0.15, 0.2) is 11.6 Å². The van der Waals surface area contributed by atoms with Crippen molar-refractivity contribution in [1.29, 1.82) is 0 Å². The SMILES string of the molecule is CO[C@@]12C[C@H]3[C@@H]([C@@H](O)C[C@@]4(O)C(C)(C)CC[C@H](OC(C)=O)[C@]34C)[C@@H](C)C1=CC(=O)O2. The zero-order valence-corrected chi connectivity index (χ0v) is 18.7. The molecular weight excluding hydrogens is 388 g/mol. The van der Waals surface area contributed by atoms with Crippen molar-refractivity contribution in [1.82, 2.24) is 0 Å². The van der Waals surface area contributed by atoms with Crippen molar-refractivity contribution in [2.45, 2.75) is 83.9 Å². The molecule has 3 fully saturated rings. The Morgan fingerprint density at radius 3 is 2.53 bits per heavy atom. The van der Waals surface area contributed by atoms with Gasteiger partial charge in [-0.05, 0) is 36.0 Å². The molecule has 0 saturated heterocycles. The minimum Gasteiger partial charge on any atom is -0.462 e. The Labute approximate surface area is 177 Å². The zero-order chi connectivity index (χ0) is 22.3. The maximum Gasteiger partial charge on any atom is 0.333 e. The van der Waals surface area contributed by atoms with E-state index in [-0.39, 0.29) is 30.1 Å². The lowest BCUT2D eigenvalue weighted by Gasteiger charge is -2.69. The molecule has 0 unspecified atom stereocenters. The molecule has 0 aromatic heterocycles. The van der Waals surface area contributed by atoms with Crippen LogP contribution in [0.1, 0.15) is 60.3 Å². The lowest BCUT2D eigenvalue weighted by Crippen LogP contribution is -2.74. The number of aliphatic hydroxyl groups is 2. The second-order valence-corrected chi connectivity index (χ2v) is 10.6. The largest absolute Gasteiger partial charge is 0.462 e. The molecule has 1 heterocycles. The van der Waals surface area contributed by atoms with Gasteiger partial charge in [0.2, 0.25) is 5.79 Å². The highest BCUT2D eigenvalue weighted by Gasteiger charge is 2.73. The van der Waals surface area contributed by atoms with Crippen molar-refractivity contribution in [3.05, 3.63) is 11.6 Å². The molecule has 0 radical (unpaired) electrons. The van der Waals surface area contributed by atoms with E-state index in [0.29, 0.717) is 19.3 Å². The molecule has 7 heteroatoms. The number of fused-ring (bicyclic) bond motifs is 4. The topological polar surface area (TPSA) is 102 Å². The highest BCUT2D eigenvalue weighted by Crippen LogP contribution is 2.69. The quantitative estimate of drug-likeness (QED) is 0.659. The first-order valence-corrected chi connectivity index (χ1v) is 10.9. The summed E-state index contributed by atoms with van der Waals surface area (Å²) in [6.45, 7) is 9.37. The van der Waals surface area contributed by atoms with Gasteiger partial charge in [-0.1, -0.05) is 27.7 Å². The third-order valence-electron chi connectivity index (χ3n) is 9.07. The van der Waals surface area contributed by atoms with Crippen LogP contribution in [0.2, 0.25) is 0 Å². The number of rotatable bonds is 2. The average Bonchev–Trinajstić information content (AvgIpc) is 2.99. The van der Waals surface area contributed by atoms with E-state index in [4.69, 9.17) is 14.2 Å². The Bertz CT molecular complexity index is 803. The summed E-state index contributed by atoms with van der Waals surface area (Å²) in [4.78, 5) is 24.2. The molecule has 4 rings (SSSR count). The Balaban J connectivity index is 1.89. The van der Waals surface area contributed by atoms with Gasteiger partial charge in [-0.3, -0.25) is 4.79 Å². The fourth-order valence-electron chi connectivity index (χ4n) is 7.42. The third kappa shape index (κ3) is 2.55. The van der Waals surface area contributed by atoms with E-state index in [1.807, 2.05) is 27.7 Å². The van der Waals surface area contributed by atoms with E-state index in [1.54, 1.807) is 0 Å². The number of ether oxygens (including phenoxy) is 3. The van der Waals surface area contributed by atoms with Crippen LogP contribution in [0.4, 0.5) is 0 Å². The molecule has 3 saturated carbocycles. The molecule has 0 amide bonds. The van der Waals surface area contributed by atoms with Crippen molar-refractivity contribution in [3.8, 4) is 0 Å². The summed E-state index contributed by atoms with van der Waals surface area (Å²) >= 11 is 0. The summed E-state index contributed by atoms with van der Waals surface area (Å²) in [7, 11) is 1.52. The van der Waals surface area contributed by atoms with Gasteiger partial charge in [0.25, 0.3) is 0 Å². The molecule has 0 aromatic rings. The van der Waals surface area contributed by atoms with Gasteiger partial charge in [0.15, 0.2) is 0 Å². The van der Waals surface area contributed by atoms with E-state index < -0.39 is 40.4 Å². The molecule has 168 valence electrons. The molecule has 4 aliphatic rings. The predicted molar refractivity (Wildman–Crippen MR) is 107 cm³/mol. The van der Waals surface area contributed by atoms with Crippen LogP contribution < -0.4 is 0 Å². The van der Waals surface area contributed by atoms with Crippen LogP contribution in [-0.2, 0) is 23.8 Å². The summed E-state index contributed by atoms with van der Waals surface area (Å²) in [6.07, 6.45) is 2.02. The van der Waals surface area contributed by atoms with Gasteiger partial charge in [0, 0.05) is 43.9 Å². The molecule has 1 aliphatic heterocycles. The normalized spacial score (nSPS) is 49.3. The van der Waals surface area contributed by atoms with Gasteiger partial charge < -0.3 is 24.4 Å². The van der Waals surface area contributed by atoms with E-state index in [9.17, 15) is 19.8 Å². The Hall–Kier alpha value is -1.44. The van der Waals surface area contributed by atoms with Gasteiger partial charge in [-0.25, -0.2) is 4.79 Å². The number of methoxy groups -OCH3 is 1. The van der Waals surface area contributed by atoms with Crippen molar-refractivity contribution >= 4 is 11.9 Å². The zero-order valence-electron chi connectivity index (χ0n) is 18.7. The van der Waals surface area contributed by atoms with Crippen molar-refractivity contribution < 1.29 is 34.0 Å². The fourth-order valence-corrected chi connectivity index (χ4v) is 7.42. The van der Waals surface area contributed by atoms with Gasteiger partial charge in [-0.15, -0.1) is 0 Å². The standard InChI is InChI=1S/C23H34O7/c1-12-14-9-18(26)30-22(14,28-6)10-15-19(12)16(25)11-23(27)20(3,4)8-7-17(21(15,23)5)29-13(2)24/h9,12,15-17,19,25,27H,7-8,10-11H2,1-6H3/t12-,15-,16-,17-,19-,21-,22+,23+/m0/s1. The van der Waals surface area contributed by atoms with Crippen LogP contribution in [0, 0.1) is 28.6 Å². The molecule has 2 N–H and O–H groups in total. The molecule has 30 heavy (non-hydrogen) atoms. The number of carbonyl (C=O) groups excluding carboxylic acids is 2. The first-order valence-electron chi connectivity index (χ1n) is 10.9. The molecule has 7 nitrogen and oxygen atoms in total. The van der Waals surface area contributed by atoms with Gasteiger partial charge in [-0.2, -0.15) is 0 Å². The first kappa shape index (κ1) is 21.8. The van der Waals surface area contributed by atoms with E-state index >= 15 is 0 Å². The Morgan fingerprint density at radius 1 is 1.27 bits per heavy atom. The number of esters is 2. The first-order chi connectivity index (χ1) is 13.8. The fraction of sp³-hybridized carbons (Fsp3) is 0.826. The maximum absolute atomic E-state index is 12.2. The second-order valence-electron chi connectivity index (χ2n) is 10.6. The minimum absolute atomic E-state index is 0.186. The van der Waals surface area contributed by atoms with Crippen molar-refractivity contribution in [3.63, 3.8) is 0 Å². The molecule has 0 bridgehead atoms. The van der Waals surface area contributed by atoms with Crippen LogP contribution in [0.3, 0.4) is 0 Å². The molecular formula is C23H34O7. The summed E-state index contributed by atoms with van der Waals surface area (Å²) < 4.78 is 17.2. The summed E-state index contributed by atoms with van der Waals surface area (Å²) in [5.74, 6) is -2.73. The highest BCUT2D eigenvalue weighted by molar-refractivity contribution is 5.86. The van der Waals surface area contributed by atoms with Gasteiger partial charge in [0.1, 0.15) is 6.10 Å². The maximum atomic E-state index is 12.2. The highest BCUT2D eigenvalue weighted by atomic mass is 16.7. The lowest BCUT2D eigenvalue weighted by molar-refractivity contribution is -0.317. The Morgan fingerprint density at radius 2 is 1.93 bits per heavy atom. The minimum atomic E-state index is -1.27. The van der Waals surface area contributed by atoms with E-state index in [1.165, 1.54) is 20.1 Å². The summed E-state index contributed by atoms with van der Waals surface area (Å²) in [5.41, 5.74) is -1.86. The number of hydrogen-bond donors (Lipinski definition) is 2. The van der Waals surface area contributed by atoms with E-state index in [0.717, 1.165) is 5.57 Å². The monoisotopic (exact) mass is 422 g/mol. The predicted octanol–water partition coefficient (Wildman–Crippen LogP) is 2.34. The van der Waals surface area contributed by atoms with Gasteiger partial charge >= 0.3 is 11.9 Å². The van der Waals surface area contributed by atoms with Crippen LogP contribution in [0.5, 0.6) is 0 Å². The molecule has 3 aliphatic carbocycles. The van der Waals surface area contributed by atoms with Crippen LogP contribution in [-0.4, -0.2) is 52.9 Å². The number of hydrogen-bond acceptors (Lipinski definition) is 7. The van der Waals surface area contributed by atoms with Crippen molar-refractivity contribution in [2.75, 3.05) is 7.11 Å².